The molecule has 0 amide bonds. The molecule has 3 N–H and O–H groups in total. The minimum atomic E-state index is -0.806. The van der Waals surface area contributed by atoms with Gasteiger partial charge in [-0.2, -0.15) is 11.8 Å². The van der Waals surface area contributed by atoms with Crippen LogP contribution in [0.3, 0.4) is 0 Å². The summed E-state index contributed by atoms with van der Waals surface area (Å²) in [6.45, 7) is 3.00. The van der Waals surface area contributed by atoms with Gasteiger partial charge in [0.05, 0.1) is 12.0 Å². The molecule has 1 aromatic rings. The van der Waals surface area contributed by atoms with E-state index in [2.05, 4.69) is 5.32 Å². The minimum Gasteiger partial charge on any atom is -0.481 e. The number of carboxylic acids is 1. The summed E-state index contributed by atoms with van der Waals surface area (Å²) in [4.78, 5) is 12.5. The Labute approximate surface area is 115 Å². The Bertz CT molecular complexity index is 390. The van der Waals surface area contributed by atoms with Gasteiger partial charge in [-0.25, -0.2) is 0 Å². The standard InChI is InChI=1S/C12H19NO3S2/c1-12(16,8-17-2)7-13-6-10-4-3-9(18-10)5-11(14)15/h3-4,13,16H,5-8H2,1-2H3,(H,14,15). The number of aliphatic hydroxyl groups is 1. The predicted molar refractivity (Wildman–Crippen MR) is 76.4 cm³/mol. The van der Waals surface area contributed by atoms with Crippen molar-refractivity contribution in [3.8, 4) is 0 Å². The maximum atomic E-state index is 10.6. The molecule has 0 fully saturated rings. The first-order valence-corrected chi connectivity index (χ1v) is 7.85. The summed E-state index contributed by atoms with van der Waals surface area (Å²) in [5.74, 6) is -0.117. The van der Waals surface area contributed by atoms with Gasteiger partial charge in [-0.15, -0.1) is 11.3 Å². The fourth-order valence-corrected chi connectivity index (χ4v) is 3.28. The summed E-state index contributed by atoms with van der Waals surface area (Å²) < 4.78 is 0. The maximum Gasteiger partial charge on any atom is 0.308 e. The van der Waals surface area contributed by atoms with Crippen molar-refractivity contribution in [3.63, 3.8) is 0 Å². The number of hydrogen-bond donors (Lipinski definition) is 3. The highest BCUT2D eigenvalue weighted by molar-refractivity contribution is 7.98. The number of rotatable bonds is 8. The van der Waals surface area contributed by atoms with Crippen LogP contribution in [0.5, 0.6) is 0 Å². The zero-order chi connectivity index (χ0) is 13.6. The SMILES string of the molecule is CSCC(C)(O)CNCc1ccc(CC(=O)O)s1. The summed E-state index contributed by atoms with van der Waals surface area (Å²) >= 11 is 3.11. The Kier molecular flexibility index (Phi) is 6.14. The number of nitrogens with one attached hydrogen (secondary N) is 1. The molecule has 0 aliphatic carbocycles. The highest BCUT2D eigenvalue weighted by Gasteiger charge is 2.18. The van der Waals surface area contributed by atoms with E-state index < -0.39 is 11.6 Å². The van der Waals surface area contributed by atoms with Crippen molar-refractivity contribution in [2.24, 2.45) is 0 Å². The predicted octanol–water partition coefficient (Wildman–Crippen LogP) is 1.58. The number of thioether (sulfide) groups is 1. The van der Waals surface area contributed by atoms with E-state index in [-0.39, 0.29) is 6.42 Å². The third kappa shape index (κ3) is 5.86. The molecule has 1 heterocycles. The van der Waals surface area contributed by atoms with Gasteiger partial charge in [-0.05, 0) is 25.3 Å². The molecule has 0 saturated carbocycles. The number of thiophene rings is 1. The van der Waals surface area contributed by atoms with Gasteiger partial charge in [0.1, 0.15) is 0 Å². The van der Waals surface area contributed by atoms with Crippen LogP contribution in [0.2, 0.25) is 0 Å². The molecule has 1 aromatic heterocycles. The normalized spacial score (nSPS) is 14.4. The molecular formula is C12H19NO3S2. The van der Waals surface area contributed by atoms with Gasteiger partial charge in [0.15, 0.2) is 0 Å². The number of hydrogen-bond acceptors (Lipinski definition) is 5. The van der Waals surface area contributed by atoms with Gasteiger partial charge in [0.25, 0.3) is 0 Å². The lowest BCUT2D eigenvalue weighted by Gasteiger charge is -2.22. The van der Waals surface area contributed by atoms with E-state index in [9.17, 15) is 9.90 Å². The minimum absolute atomic E-state index is 0.0782. The molecule has 0 aliphatic rings. The van der Waals surface area contributed by atoms with Crippen molar-refractivity contribution < 1.29 is 15.0 Å². The van der Waals surface area contributed by atoms with Crippen LogP contribution < -0.4 is 5.32 Å². The highest BCUT2D eigenvalue weighted by atomic mass is 32.2. The van der Waals surface area contributed by atoms with Gasteiger partial charge in [-0.1, -0.05) is 0 Å². The molecule has 0 radical (unpaired) electrons. The monoisotopic (exact) mass is 289 g/mol. The molecule has 0 saturated heterocycles. The highest BCUT2D eigenvalue weighted by Crippen LogP contribution is 2.17. The van der Waals surface area contributed by atoms with E-state index in [1.807, 2.05) is 18.4 Å². The first kappa shape index (κ1) is 15.5. The quantitative estimate of drug-likeness (QED) is 0.678. The second-order valence-corrected chi connectivity index (χ2v) is 6.59. The Morgan fingerprint density at radius 2 is 2.17 bits per heavy atom. The average Bonchev–Trinajstić information content (AvgIpc) is 2.64. The van der Waals surface area contributed by atoms with Gasteiger partial charge in [-0.3, -0.25) is 4.79 Å². The number of carbonyl (C=O) groups is 1. The van der Waals surface area contributed by atoms with Crippen LogP contribution in [-0.4, -0.2) is 40.3 Å². The Hall–Kier alpha value is -0.560. The molecule has 1 atom stereocenters. The van der Waals surface area contributed by atoms with Crippen LogP contribution in [0.1, 0.15) is 16.7 Å². The zero-order valence-electron chi connectivity index (χ0n) is 10.6. The van der Waals surface area contributed by atoms with Crippen LogP contribution in [-0.2, 0) is 17.8 Å². The largest absolute Gasteiger partial charge is 0.481 e. The van der Waals surface area contributed by atoms with E-state index in [0.29, 0.717) is 18.8 Å². The van der Waals surface area contributed by atoms with Gasteiger partial charge in [0, 0.05) is 28.6 Å². The molecule has 0 bridgehead atoms. The second-order valence-electron chi connectivity index (χ2n) is 4.47. The third-order valence-electron chi connectivity index (χ3n) is 2.30. The van der Waals surface area contributed by atoms with Crippen LogP contribution in [0.15, 0.2) is 12.1 Å². The summed E-state index contributed by atoms with van der Waals surface area (Å²) in [5.41, 5.74) is -0.708. The Morgan fingerprint density at radius 1 is 1.50 bits per heavy atom. The number of carboxylic acid groups (broad SMARTS) is 1. The molecule has 102 valence electrons. The topological polar surface area (TPSA) is 69.6 Å². The molecular weight excluding hydrogens is 270 g/mol. The van der Waals surface area contributed by atoms with Crippen LogP contribution in [0, 0.1) is 0 Å². The lowest BCUT2D eigenvalue weighted by molar-refractivity contribution is -0.136. The second kappa shape index (κ2) is 7.13. The van der Waals surface area contributed by atoms with E-state index >= 15 is 0 Å². The van der Waals surface area contributed by atoms with Crippen molar-refractivity contribution in [2.45, 2.75) is 25.5 Å². The number of aliphatic carboxylic acids is 1. The molecule has 0 aromatic carbocycles. The smallest absolute Gasteiger partial charge is 0.308 e. The fourth-order valence-electron chi connectivity index (χ4n) is 1.58. The summed E-state index contributed by atoms with van der Waals surface area (Å²) in [6.07, 6.45) is 2.04. The van der Waals surface area contributed by atoms with E-state index in [1.165, 1.54) is 11.3 Å². The lowest BCUT2D eigenvalue weighted by atomic mass is 10.1. The van der Waals surface area contributed by atoms with E-state index in [4.69, 9.17) is 5.11 Å². The van der Waals surface area contributed by atoms with Crippen molar-refractivity contribution in [2.75, 3.05) is 18.6 Å². The summed E-state index contributed by atoms with van der Waals surface area (Å²) in [6, 6.07) is 3.77. The molecule has 0 spiro atoms. The third-order valence-corrected chi connectivity index (χ3v) is 4.30. The molecule has 1 unspecified atom stereocenters. The Morgan fingerprint density at radius 3 is 2.78 bits per heavy atom. The fraction of sp³-hybridized carbons (Fsp3) is 0.583. The van der Waals surface area contributed by atoms with Crippen molar-refractivity contribution in [3.05, 3.63) is 21.9 Å². The first-order valence-electron chi connectivity index (χ1n) is 5.64. The van der Waals surface area contributed by atoms with Gasteiger partial charge in [0.2, 0.25) is 0 Å². The molecule has 18 heavy (non-hydrogen) atoms. The maximum absolute atomic E-state index is 10.6. The van der Waals surface area contributed by atoms with Gasteiger partial charge >= 0.3 is 5.97 Å². The van der Waals surface area contributed by atoms with Crippen molar-refractivity contribution in [1.82, 2.24) is 5.32 Å². The van der Waals surface area contributed by atoms with E-state index in [1.54, 1.807) is 18.7 Å². The zero-order valence-corrected chi connectivity index (χ0v) is 12.2. The van der Waals surface area contributed by atoms with E-state index in [0.717, 1.165) is 9.75 Å². The Balaban J connectivity index is 2.35. The lowest BCUT2D eigenvalue weighted by Crippen LogP contribution is -2.39. The molecule has 4 nitrogen and oxygen atoms in total. The first-order chi connectivity index (χ1) is 8.43. The average molecular weight is 289 g/mol. The van der Waals surface area contributed by atoms with Gasteiger partial charge < -0.3 is 15.5 Å². The summed E-state index contributed by atoms with van der Waals surface area (Å²) in [5, 5.41) is 21.8. The summed E-state index contributed by atoms with van der Waals surface area (Å²) in [7, 11) is 0. The van der Waals surface area contributed by atoms with Crippen LogP contribution in [0.4, 0.5) is 0 Å². The molecule has 1 rings (SSSR count). The van der Waals surface area contributed by atoms with Crippen molar-refractivity contribution in [1.29, 1.82) is 0 Å². The van der Waals surface area contributed by atoms with Crippen LogP contribution in [0.25, 0.3) is 0 Å². The van der Waals surface area contributed by atoms with Crippen molar-refractivity contribution >= 4 is 29.1 Å². The van der Waals surface area contributed by atoms with Crippen LogP contribution >= 0.6 is 23.1 Å². The molecule has 6 heteroatoms. The molecule has 0 aliphatic heterocycles.